The van der Waals surface area contributed by atoms with E-state index in [0.717, 1.165) is 17.0 Å². The predicted molar refractivity (Wildman–Crippen MR) is 73.3 cm³/mol. The lowest BCUT2D eigenvalue weighted by Gasteiger charge is -2.03. The fourth-order valence-electron chi connectivity index (χ4n) is 2.16. The highest BCUT2D eigenvalue weighted by Gasteiger charge is 2.11. The number of aromatic nitrogens is 5. The molecule has 3 heterocycles. The molecule has 0 atom stereocenters. The van der Waals surface area contributed by atoms with Crippen LogP contribution in [-0.4, -0.2) is 30.5 Å². The first kappa shape index (κ1) is 12.3. The van der Waals surface area contributed by atoms with Gasteiger partial charge in [-0.3, -0.25) is 10.1 Å². The highest BCUT2D eigenvalue weighted by molar-refractivity contribution is 5.88. The van der Waals surface area contributed by atoms with E-state index in [1.165, 1.54) is 6.33 Å². The maximum absolute atomic E-state index is 11.8. The normalized spacial score (nSPS) is 10.8. The maximum Gasteiger partial charge on any atom is 0.227 e. The van der Waals surface area contributed by atoms with Crippen molar-refractivity contribution in [3.05, 3.63) is 42.1 Å². The first-order valence-electron chi connectivity index (χ1n) is 6.32. The Morgan fingerprint density at radius 1 is 1.45 bits per heavy atom. The van der Waals surface area contributed by atoms with E-state index in [9.17, 15) is 4.79 Å². The second-order valence-corrected chi connectivity index (χ2v) is 4.46. The number of H-pyrrole nitrogens is 1. The number of aryl methyl sites for hydroxylation is 2. The molecule has 0 bridgehead atoms. The van der Waals surface area contributed by atoms with Crippen LogP contribution in [0.15, 0.2) is 30.7 Å². The number of carbonyl (C=O) groups is 1. The molecule has 7 heteroatoms. The molecule has 0 fully saturated rings. The summed E-state index contributed by atoms with van der Waals surface area (Å²) in [5.74, 6) is 0.261. The van der Waals surface area contributed by atoms with Crippen molar-refractivity contribution in [3.63, 3.8) is 0 Å². The van der Waals surface area contributed by atoms with Crippen molar-refractivity contribution >= 4 is 17.5 Å². The van der Waals surface area contributed by atoms with Crippen LogP contribution in [0.5, 0.6) is 0 Å². The number of amides is 1. The maximum atomic E-state index is 11.8. The molecule has 0 saturated heterocycles. The summed E-state index contributed by atoms with van der Waals surface area (Å²) in [6, 6.07) is 5.85. The van der Waals surface area contributed by atoms with Gasteiger partial charge in [0.1, 0.15) is 12.0 Å². The summed E-state index contributed by atoms with van der Waals surface area (Å²) in [4.78, 5) is 20.1. The molecule has 0 aliphatic rings. The topological polar surface area (TPSA) is 88.0 Å². The molecule has 1 amide bonds. The van der Waals surface area contributed by atoms with E-state index in [-0.39, 0.29) is 5.91 Å². The van der Waals surface area contributed by atoms with Gasteiger partial charge in [-0.15, -0.1) is 0 Å². The highest BCUT2D eigenvalue weighted by Crippen LogP contribution is 2.13. The zero-order valence-corrected chi connectivity index (χ0v) is 11.0. The Balaban J connectivity index is 1.70. The van der Waals surface area contributed by atoms with Gasteiger partial charge < -0.3 is 4.40 Å². The lowest BCUT2D eigenvalue weighted by molar-refractivity contribution is -0.116. The number of nitrogens with zero attached hydrogens (tertiary/aromatic N) is 4. The number of anilines is 1. The molecule has 3 aromatic rings. The molecule has 0 radical (unpaired) electrons. The minimum Gasteiger partial charge on any atom is -0.304 e. The third-order valence-electron chi connectivity index (χ3n) is 3.09. The van der Waals surface area contributed by atoms with Crippen LogP contribution < -0.4 is 5.32 Å². The molecule has 0 saturated carbocycles. The van der Waals surface area contributed by atoms with E-state index < -0.39 is 0 Å². The first-order valence-corrected chi connectivity index (χ1v) is 6.32. The smallest absolute Gasteiger partial charge is 0.227 e. The molecule has 3 rings (SSSR count). The molecule has 102 valence electrons. The van der Waals surface area contributed by atoms with E-state index in [1.54, 1.807) is 0 Å². The number of imidazole rings is 1. The molecule has 0 aliphatic carbocycles. The van der Waals surface area contributed by atoms with Crippen molar-refractivity contribution in [1.82, 2.24) is 24.6 Å². The van der Waals surface area contributed by atoms with Gasteiger partial charge in [0.15, 0.2) is 0 Å². The third-order valence-corrected chi connectivity index (χ3v) is 3.09. The Kier molecular flexibility index (Phi) is 3.16. The van der Waals surface area contributed by atoms with Gasteiger partial charge in [0.05, 0.1) is 5.69 Å². The minimum absolute atomic E-state index is 0.105. The van der Waals surface area contributed by atoms with Gasteiger partial charge in [-0.05, 0) is 25.5 Å². The summed E-state index contributed by atoms with van der Waals surface area (Å²) in [5, 5.41) is 8.92. The first-order chi connectivity index (χ1) is 9.74. The number of rotatable bonds is 4. The average molecular weight is 270 g/mol. The molecule has 0 aromatic carbocycles. The van der Waals surface area contributed by atoms with Crippen molar-refractivity contribution in [2.24, 2.45) is 0 Å². The Labute approximate surface area is 115 Å². The summed E-state index contributed by atoms with van der Waals surface area (Å²) in [6.07, 6.45) is 4.30. The van der Waals surface area contributed by atoms with Gasteiger partial charge in [-0.2, -0.15) is 10.1 Å². The quantitative estimate of drug-likeness (QED) is 0.748. The van der Waals surface area contributed by atoms with Crippen LogP contribution in [0.2, 0.25) is 0 Å². The second-order valence-electron chi connectivity index (χ2n) is 4.46. The number of hydrogen-bond donors (Lipinski definition) is 2. The fraction of sp³-hybridized carbons (Fsp3) is 0.231. The van der Waals surface area contributed by atoms with Crippen molar-refractivity contribution in [2.45, 2.75) is 19.8 Å². The molecule has 20 heavy (non-hydrogen) atoms. The van der Waals surface area contributed by atoms with Crippen LogP contribution >= 0.6 is 0 Å². The van der Waals surface area contributed by atoms with E-state index in [1.807, 2.05) is 35.7 Å². The standard InChI is InChI=1S/C13H14N6O/c1-9-10(19-7-3-2-4-11(19)16-9)5-6-12(20)17-13-14-8-15-18-13/h2-4,7-8H,5-6H2,1H3,(H2,14,15,17,18,20). The van der Waals surface area contributed by atoms with Gasteiger partial charge in [-0.25, -0.2) is 10.1 Å². The fourth-order valence-corrected chi connectivity index (χ4v) is 2.16. The van der Waals surface area contributed by atoms with Crippen LogP contribution in [0.25, 0.3) is 5.65 Å². The monoisotopic (exact) mass is 270 g/mol. The summed E-state index contributed by atoms with van der Waals surface area (Å²) in [5.41, 5.74) is 2.90. The highest BCUT2D eigenvalue weighted by atomic mass is 16.1. The van der Waals surface area contributed by atoms with Gasteiger partial charge >= 0.3 is 0 Å². The minimum atomic E-state index is -0.105. The van der Waals surface area contributed by atoms with Crippen LogP contribution in [0.1, 0.15) is 17.8 Å². The van der Waals surface area contributed by atoms with E-state index >= 15 is 0 Å². The van der Waals surface area contributed by atoms with Crippen molar-refractivity contribution in [1.29, 1.82) is 0 Å². The largest absolute Gasteiger partial charge is 0.304 e. The number of pyridine rings is 1. The van der Waals surface area contributed by atoms with Crippen LogP contribution in [0.4, 0.5) is 5.95 Å². The Morgan fingerprint density at radius 2 is 2.35 bits per heavy atom. The van der Waals surface area contributed by atoms with E-state index in [2.05, 4.69) is 25.5 Å². The van der Waals surface area contributed by atoms with Crippen LogP contribution in [0, 0.1) is 6.92 Å². The molecular formula is C13H14N6O. The molecule has 3 aromatic heterocycles. The number of aromatic amines is 1. The number of nitrogens with one attached hydrogen (secondary N) is 2. The molecule has 0 aliphatic heterocycles. The Bertz CT molecular complexity index is 730. The predicted octanol–water partition coefficient (Wildman–Crippen LogP) is 1.33. The lowest BCUT2D eigenvalue weighted by Crippen LogP contribution is -2.14. The summed E-state index contributed by atoms with van der Waals surface area (Å²) in [7, 11) is 0. The SMILES string of the molecule is Cc1nc2ccccn2c1CCC(=O)Nc1ncn[nH]1. The summed E-state index contributed by atoms with van der Waals surface area (Å²) >= 11 is 0. The van der Waals surface area contributed by atoms with E-state index in [0.29, 0.717) is 18.8 Å². The van der Waals surface area contributed by atoms with Gasteiger partial charge in [0.2, 0.25) is 11.9 Å². The van der Waals surface area contributed by atoms with Crippen molar-refractivity contribution < 1.29 is 4.79 Å². The molecule has 0 unspecified atom stereocenters. The molecule has 0 spiro atoms. The average Bonchev–Trinajstić information content (AvgIpc) is 3.03. The zero-order valence-electron chi connectivity index (χ0n) is 11.0. The van der Waals surface area contributed by atoms with Gasteiger partial charge in [0, 0.05) is 18.3 Å². The zero-order chi connectivity index (χ0) is 13.9. The Morgan fingerprint density at radius 3 is 3.15 bits per heavy atom. The van der Waals surface area contributed by atoms with Crippen molar-refractivity contribution in [3.8, 4) is 0 Å². The number of carbonyl (C=O) groups excluding carboxylic acids is 1. The second kappa shape index (κ2) is 5.12. The van der Waals surface area contributed by atoms with Gasteiger partial charge in [-0.1, -0.05) is 6.07 Å². The Hall–Kier alpha value is -2.70. The molecular weight excluding hydrogens is 256 g/mol. The van der Waals surface area contributed by atoms with Crippen molar-refractivity contribution in [2.75, 3.05) is 5.32 Å². The number of fused-ring (bicyclic) bond motifs is 1. The van der Waals surface area contributed by atoms with Crippen LogP contribution in [-0.2, 0) is 11.2 Å². The summed E-state index contributed by atoms with van der Waals surface area (Å²) < 4.78 is 2.01. The summed E-state index contributed by atoms with van der Waals surface area (Å²) in [6.45, 7) is 1.96. The molecule has 2 N–H and O–H groups in total. The third kappa shape index (κ3) is 2.37. The number of hydrogen-bond acceptors (Lipinski definition) is 4. The molecule has 7 nitrogen and oxygen atoms in total. The van der Waals surface area contributed by atoms with Gasteiger partial charge in [0.25, 0.3) is 0 Å². The van der Waals surface area contributed by atoms with Crippen LogP contribution in [0.3, 0.4) is 0 Å². The van der Waals surface area contributed by atoms with E-state index in [4.69, 9.17) is 0 Å². The lowest BCUT2D eigenvalue weighted by atomic mass is 10.2.